The maximum atomic E-state index is 13.4. The summed E-state index contributed by atoms with van der Waals surface area (Å²) in [5.74, 6) is -2.48. The molecule has 128 valence electrons. The lowest BCUT2D eigenvalue weighted by atomic mass is 9.97. The minimum Gasteiger partial charge on any atom is -0.479 e. The molecule has 0 amide bonds. The Bertz CT molecular complexity index is 604. The lowest BCUT2D eigenvalue weighted by molar-refractivity contribution is -0.148. The fourth-order valence-electron chi connectivity index (χ4n) is 1.81. The van der Waals surface area contributed by atoms with E-state index in [1.807, 2.05) is 13.8 Å². The zero-order valence-corrected chi connectivity index (χ0v) is 14.2. The maximum absolute atomic E-state index is 13.4. The van der Waals surface area contributed by atoms with E-state index in [0.717, 1.165) is 0 Å². The molecule has 0 spiro atoms. The van der Waals surface area contributed by atoms with Crippen molar-refractivity contribution in [3.8, 4) is 5.75 Å². The van der Waals surface area contributed by atoms with Gasteiger partial charge in [0.2, 0.25) is 0 Å². The predicted octanol–water partition coefficient (Wildman–Crippen LogP) is 3.36. The van der Waals surface area contributed by atoms with E-state index in [-0.39, 0.29) is 24.4 Å². The summed E-state index contributed by atoms with van der Waals surface area (Å²) >= 11 is 0. The quantitative estimate of drug-likeness (QED) is 0.601. The topological polar surface area (TPSA) is 71.1 Å². The number of hydrogen-bond donors (Lipinski definition) is 0. The molecule has 0 saturated carbocycles. The number of para-hydroxylation sites is 1. The Morgan fingerprint density at radius 3 is 2.57 bits per heavy atom. The molecule has 0 bridgehead atoms. The molecule has 0 radical (unpaired) electrons. The largest absolute Gasteiger partial charge is 0.479 e. The summed E-state index contributed by atoms with van der Waals surface area (Å²) in [6, 6.07) is 5.69. The fraction of sp³-hybridized carbons (Fsp3) is 0.533. The molecule has 1 fully saturated rings. The molecule has 1 aromatic carbocycles. The van der Waals surface area contributed by atoms with E-state index in [9.17, 15) is 13.8 Å². The van der Waals surface area contributed by atoms with Gasteiger partial charge in [0.15, 0.2) is 24.0 Å². The summed E-state index contributed by atoms with van der Waals surface area (Å²) < 4.78 is 46.4. The van der Waals surface area contributed by atoms with Crippen molar-refractivity contribution in [2.45, 2.75) is 26.6 Å². The summed E-state index contributed by atoms with van der Waals surface area (Å²) in [6.45, 7) is 5.25. The van der Waals surface area contributed by atoms with Gasteiger partial charge in [-0.25, -0.2) is 9.18 Å². The third-order valence-electron chi connectivity index (χ3n) is 3.20. The third-order valence-corrected chi connectivity index (χ3v) is 5.17. The molecule has 8 heteroatoms. The first-order valence-electron chi connectivity index (χ1n) is 7.17. The number of carbonyl (C=O) groups excluding carboxylic acids is 1. The van der Waals surface area contributed by atoms with Crippen LogP contribution in [-0.4, -0.2) is 31.6 Å². The fourth-order valence-corrected chi connectivity index (χ4v) is 3.61. The van der Waals surface area contributed by atoms with E-state index in [1.54, 1.807) is 6.07 Å². The number of carbonyl (C=O) groups is 1. The standard InChI is InChI=1S/C15H20FO6P/c1-11(23(18)20-9-15(2,3)10-21-23)22-14(17)8-19-13-7-5-4-6-12(13)16/h4-7,11H,8-10H2,1-3H3. The molecule has 0 aliphatic carbocycles. The first kappa shape index (κ1) is 17.9. The van der Waals surface area contributed by atoms with E-state index in [0.29, 0.717) is 0 Å². The molecular weight excluding hydrogens is 326 g/mol. The van der Waals surface area contributed by atoms with E-state index in [4.69, 9.17) is 18.5 Å². The molecule has 0 aromatic heterocycles. The van der Waals surface area contributed by atoms with Gasteiger partial charge < -0.3 is 18.5 Å². The summed E-state index contributed by atoms with van der Waals surface area (Å²) in [7, 11) is -3.52. The molecule has 2 rings (SSSR count). The van der Waals surface area contributed by atoms with Gasteiger partial charge in [0.05, 0.1) is 13.2 Å². The number of hydrogen-bond acceptors (Lipinski definition) is 6. The second-order valence-electron chi connectivity index (χ2n) is 6.06. The number of halogens is 1. The Kier molecular flexibility index (Phi) is 5.45. The van der Waals surface area contributed by atoms with Crippen LogP contribution in [-0.2, 0) is 23.1 Å². The minimum absolute atomic E-state index is 0.0596. The van der Waals surface area contributed by atoms with Crippen molar-refractivity contribution in [1.29, 1.82) is 0 Å². The van der Waals surface area contributed by atoms with Crippen LogP contribution in [0.1, 0.15) is 20.8 Å². The lowest BCUT2D eigenvalue weighted by Crippen LogP contribution is -2.33. The van der Waals surface area contributed by atoms with Crippen LogP contribution in [0.5, 0.6) is 5.75 Å². The van der Waals surface area contributed by atoms with Crippen LogP contribution in [0, 0.1) is 11.2 Å². The van der Waals surface area contributed by atoms with Crippen LogP contribution in [0.2, 0.25) is 0 Å². The summed E-state index contributed by atoms with van der Waals surface area (Å²) in [6.07, 6.45) is 0. The predicted molar refractivity (Wildman–Crippen MR) is 80.7 cm³/mol. The molecule has 0 N–H and O–H groups in total. The zero-order valence-electron chi connectivity index (χ0n) is 13.3. The van der Waals surface area contributed by atoms with Crippen LogP contribution in [0.4, 0.5) is 4.39 Å². The Morgan fingerprint density at radius 1 is 1.35 bits per heavy atom. The smallest absolute Gasteiger partial charge is 0.370 e. The molecule has 6 nitrogen and oxygen atoms in total. The SMILES string of the molecule is CC(OC(=O)COc1ccccc1F)P1(=O)OCC(C)(C)CO1. The van der Waals surface area contributed by atoms with E-state index in [1.165, 1.54) is 25.1 Å². The average Bonchev–Trinajstić information content (AvgIpc) is 2.50. The molecule has 23 heavy (non-hydrogen) atoms. The van der Waals surface area contributed by atoms with Gasteiger partial charge in [0.1, 0.15) is 0 Å². The zero-order chi connectivity index (χ0) is 17.1. The number of ether oxygens (including phenoxy) is 2. The van der Waals surface area contributed by atoms with Gasteiger partial charge in [-0.1, -0.05) is 26.0 Å². The minimum atomic E-state index is -3.52. The van der Waals surface area contributed by atoms with Crippen molar-refractivity contribution >= 4 is 13.6 Å². The third kappa shape index (κ3) is 4.77. The van der Waals surface area contributed by atoms with Gasteiger partial charge in [-0.3, -0.25) is 4.57 Å². The van der Waals surface area contributed by atoms with Gasteiger partial charge in [-0.15, -0.1) is 0 Å². The summed E-state index contributed by atoms with van der Waals surface area (Å²) in [5.41, 5.74) is -0.244. The van der Waals surface area contributed by atoms with E-state index in [2.05, 4.69) is 0 Å². The van der Waals surface area contributed by atoms with Crippen LogP contribution < -0.4 is 4.74 Å². The van der Waals surface area contributed by atoms with Gasteiger partial charge >= 0.3 is 13.6 Å². The Hall–Kier alpha value is -1.43. The normalized spacial score (nSPS) is 20.5. The molecule has 1 saturated heterocycles. The van der Waals surface area contributed by atoms with Crippen LogP contribution >= 0.6 is 7.60 Å². The van der Waals surface area contributed by atoms with Crippen molar-refractivity contribution in [2.75, 3.05) is 19.8 Å². The van der Waals surface area contributed by atoms with Crippen LogP contribution in [0.15, 0.2) is 24.3 Å². The molecule has 1 unspecified atom stereocenters. The van der Waals surface area contributed by atoms with Crippen molar-refractivity contribution in [3.63, 3.8) is 0 Å². The number of esters is 1. The van der Waals surface area contributed by atoms with Gasteiger partial charge in [0.25, 0.3) is 0 Å². The summed E-state index contributed by atoms with van der Waals surface area (Å²) in [5, 5.41) is 0. The van der Waals surface area contributed by atoms with E-state index < -0.39 is 31.8 Å². The second kappa shape index (κ2) is 6.99. The number of benzene rings is 1. The van der Waals surface area contributed by atoms with Crippen molar-refractivity contribution in [3.05, 3.63) is 30.1 Å². The monoisotopic (exact) mass is 346 g/mol. The molecule has 1 aromatic rings. The number of rotatable bonds is 5. The molecule has 1 aliphatic heterocycles. The van der Waals surface area contributed by atoms with Crippen molar-refractivity contribution in [1.82, 2.24) is 0 Å². The molecule has 1 heterocycles. The summed E-state index contributed by atoms with van der Waals surface area (Å²) in [4.78, 5) is 11.7. The maximum Gasteiger partial charge on any atom is 0.370 e. The van der Waals surface area contributed by atoms with Gasteiger partial charge in [-0.05, 0) is 19.1 Å². The molecular formula is C15H20FO6P. The van der Waals surface area contributed by atoms with Crippen molar-refractivity contribution < 1.29 is 32.3 Å². The van der Waals surface area contributed by atoms with Crippen molar-refractivity contribution in [2.24, 2.45) is 5.41 Å². The average molecular weight is 346 g/mol. The van der Waals surface area contributed by atoms with E-state index >= 15 is 0 Å². The Morgan fingerprint density at radius 2 is 1.96 bits per heavy atom. The first-order valence-corrected chi connectivity index (χ1v) is 8.79. The van der Waals surface area contributed by atoms with Gasteiger partial charge in [-0.2, -0.15) is 0 Å². The van der Waals surface area contributed by atoms with Crippen LogP contribution in [0.3, 0.4) is 0 Å². The Labute approximate surface area is 134 Å². The lowest BCUT2D eigenvalue weighted by Gasteiger charge is -2.35. The second-order valence-corrected chi connectivity index (χ2v) is 8.38. The highest BCUT2D eigenvalue weighted by Crippen LogP contribution is 2.57. The highest BCUT2D eigenvalue weighted by molar-refractivity contribution is 7.54. The highest BCUT2D eigenvalue weighted by Gasteiger charge is 2.42. The highest BCUT2D eigenvalue weighted by atomic mass is 31.2. The van der Waals surface area contributed by atoms with Gasteiger partial charge in [0, 0.05) is 5.41 Å². The molecule has 1 aliphatic rings. The Balaban J connectivity index is 1.85. The first-order chi connectivity index (χ1) is 10.7. The molecule has 1 atom stereocenters. The van der Waals surface area contributed by atoms with Crippen LogP contribution in [0.25, 0.3) is 0 Å².